The number of benzene rings is 1. The molecule has 0 aliphatic rings. The van der Waals surface area contributed by atoms with Crippen LogP contribution in [-0.4, -0.2) is 22.5 Å². The molecule has 9 heteroatoms. The number of hydrazine groups is 1. The predicted octanol–water partition coefficient (Wildman–Crippen LogP) is 3.21. The van der Waals surface area contributed by atoms with E-state index in [1.54, 1.807) is 20.8 Å². The number of pyridine rings is 1. The van der Waals surface area contributed by atoms with Crippen LogP contribution in [0.1, 0.15) is 41.6 Å². The van der Waals surface area contributed by atoms with Gasteiger partial charge in [-0.25, -0.2) is 18.0 Å². The second-order valence-corrected chi connectivity index (χ2v) is 6.26. The third kappa shape index (κ3) is 4.95. The highest BCUT2D eigenvalue weighted by molar-refractivity contribution is 5.94. The normalized spacial score (nSPS) is 11.0. The highest BCUT2D eigenvalue weighted by atomic mass is 19.2. The van der Waals surface area contributed by atoms with Crippen molar-refractivity contribution in [2.75, 3.05) is 5.43 Å². The fourth-order valence-corrected chi connectivity index (χ4v) is 1.79. The highest BCUT2D eigenvalue weighted by Gasteiger charge is 2.19. The quantitative estimate of drug-likeness (QED) is 0.493. The van der Waals surface area contributed by atoms with E-state index in [4.69, 9.17) is 4.74 Å². The molecule has 26 heavy (non-hydrogen) atoms. The molecule has 0 unspecified atom stereocenters. The van der Waals surface area contributed by atoms with E-state index in [1.807, 2.05) is 0 Å². The third-order valence-corrected chi connectivity index (χ3v) is 2.95. The topological polar surface area (TPSA) is 80.3 Å². The van der Waals surface area contributed by atoms with Crippen molar-refractivity contribution in [1.82, 2.24) is 10.4 Å². The van der Waals surface area contributed by atoms with E-state index < -0.39 is 40.6 Å². The largest absolute Gasteiger partial charge is 0.456 e. The number of nitrogens with one attached hydrogen (secondary N) is 2. The SMILES string of the molecule is CC(C)(C)OC(=O)c1ccc(C(=O)NNc2cc(F)c(F)cc2F)nc1. The summed E-state index contributed by atoms with van der Waals surface area (Å²) in [6.07, 6.45) is 1.15. The molecule has 1 heterocycles. The lowest BCUT2D eigenvalue weighted by atomic mass is 10.2. The Balaban J connectivity index is 2.02. The summed E-state index contributed by atoms with van der Waals surface area (Å²) < 4.78 is 44.6. The van der Waals surface area contributed by atoms with E-state index >= 15 is 0 Å². The van der Waals surface area contributed by atoms with Gasteiger partial charge in [0.25, 0.3) is 5.91 Å². The van der Waals surface area contributed by atoms with E-state index in [0.717, 1.165) is 6.20 Å². The number of nitrogens with zero attached hydrogens (tertiary/aromatic N) is 1. The molecule has 2 rings (SSSR count). The average Bonchev–Trinajstić information content (AvgIpc) is 2.55. The Morgan fingerprint density at radius 2 is 1.69 bits per heavy atom. The van der Waals surface area contributed by atoms with Crippen molar-refractivity contribution in [3.05, 3.63) is 59.2 Å². The van der Waals surface area contributed by atoms with E-state index in [9.17, 15) is 22.8 Å². The molecule has 138 valence electrons. The summed E-state index contributed by atoms with van der Waals surface area (Å²) >= 11 is 0. The van der Waals surface area contributed by atoms with Crippen LogP contribution in [0.4, 0.5) is 18.9 Å². The zero-order valence-electron chi connectivity index (χ0n) is 14.2. The Bertz CT molecular complexity index is 834. The first kappa shape index (κ1) is 19.2. The molecule has 1 amide bonds. The Labute approximate surface area is 147 Å². The van der Waals surface area contributed by atoms with Gasteiger partial charge in [0, 0.05) is 18.3 Å². The molecule has 0 bridgehead atoms. The molecule has 0 fully saturated rings. The maximum Gasteiger partial charge on any atom is 0.340 e. The van der Waals surface area contributed by atoms with E-state index in [1.165, 1.54) is 12.1 Å². The maximum absolute atomic E-state index is 13.5. The maximum atomic E-state index is 13.5. The van der Waals surface area contributed by atoms with Gasteiger partial charge in [-0.1, -0.05) is 0 Å². The van der Waals surface area contributed by atoms with Gasteiger partial charge in [-0.05, 0) is 32.9 Å². The van der Waals surface area contributed by atoms with Crippen LogP contribution in [0.5, 0.6) is 0 Å². The Hall–Kier alpha value is -3.10. The van der Waals surface area contributed by atoms with Gasteiger partial charge in [-0.3, -0.25) is 20.6 Å². The molecular formula is C17H16F3N3O3. The van der Waals surface area contributed by atoms with E-state index in [2.05, 4.69) is 15.8 Å². The van der Waals surface area contributed by atoms with E-state index in [-0.39, 0.29) is 11.3 Å². The van der Waals surface area contributed by atoms with Crippen LogP contribution in [0.2, 0.25) is 0 Å². The van der Waals surface area contributed by atoms with Crippen LogP contribution in [0.3, 0.4) is 0 Å². The molecule has 0 spiro atoms. The van der Waals surface area contributed by atoms with Crippen LogP contribution in [0.15, 0.2) is 30.5 Å². The minimum Gasteiger partial charge on any atom is -0.456 e. The Kier molecular flexibility index (Phi) is 5.49. The van der Waals surface area contributed by atoms with E-state index in [0.29, 0.717) is 12.1 Å². The number of carbonyl (C=O) groups excluding carboxylic acids is 2. The number of amides is 1. The summed E-state index contributed by atoms with van der Waals surface area (Å²) in [5, 5.41) is 0. The van der Waals surface area contributed by atoms with Crippen LogP contribution in [0.25, 0.3) is 0 Å². The first-order valence-electron chi connectivity index (χ1n) is 7.47. The molecule has 0 atom stereocenters. The standard InChI is InChI=1S/C17H16F3N3O3/c1-17(2,3)26-16(25)9-4-5-13(21-8-9)15(24)23-22-14-7-11(19)10(18)6-12(14)20/h4-8,22H,1-3H3,(H,23,24). The van der Waals surface area contributed by atoms with Gasteiger partial charge in [-0.2, -0.15) is 0 Å². The molecule has 1 aromatic heterocycles. The second kappa shape index (κ2) is 7.42. The smallest absolute Gasteiger partial charge is 0.340 e. The summed E-state index contributed by atoms with van der Waals surface area (Å²) in [5.74, 6) is -5.08. The number of rotatable bonds is 4. The van der Waals surface area contributed by atoms with Crippen molar-refractivity contribution < 1.29 is 27.5 Å². The second-order valence-electron chi connectivity index (χ2n) is 6.26. The molecule has 1 aromatic carbocycles. The van der Waals surface area contributed by atoms with Crippen molar-refractivity contribution in [3.8, 4) is 0 Å². The van der Waals surface area contributed by atoms with Crippen LogP contribution in [-0.2, 0) is 4.74 Å². The number of halogens is 3. The van der Waals surface area contributed by atoms with Crippen LogP contribution < -0.4 is 10.9 Å². The number of hydrogen-bond donors (Lipinski definition) is 2. The Morgan fingerprint density at radius 3 is 2.27 bits per heavy atom. The van der Waals surface area contributed by atoms with Crippen molar-refractivity contribution >= 4 is 17.6 Å². The Morgan fingerprint density at radius 1 is 1.04 bits per heavy atom. The lowest BCUT2D eigenvalue weighted by molar-refractivity contribution is 0.00688. The van der Waals surface area contributed by atoms with Crippen molar-refractivity contribution in [2.24, 2.45) is 0 Å². The van der Waals surface area contributed by atoms with Gasteiger partial charge >= 0.3 is 5.97 Å². The average molecular weight is 367 g/mol. The molecule has 2 aromatic rings. The highest BCUT2D eigenvalue weighted by Crippen LogP contribution is 2.17. The number of anilines is 1. The first-order valence-corrected chi connectivity index (χ1v) is 7.47. The molecule has 0 aliphatic carbocycles. The minimum absolute atomic E-state index is 0.0900. The number of carbonyl (C=O) groups is 2. The molecule has 0 saturated carbocycles. The monoisotopic (exact) mass is 367 g/mol. The zero-order valence-corrected chi connectivity index (χ0v) is 14.2. The lowest BCUT2D eigenvalue weighted by Crippen LogP contribution is -2.30. The fourth-order valence-electron chi connectivity index (χ4n) is 1.79. The first-order chi connectivity index (χ1) is 12.1. The van der Waals surface area contributed by atoms with Gasteiger partial charge in [0.05, 0.1) is 11.3 Å². The van der Waals surface area contributed by atoms with Gasteiger partial charge < -0.3 is 4.74 Å². The molecule has 2 N–H and O–H groups in total. The van der Waals surface area contributed by atoms with Crippen molar-refractivity contribution in [3.63, 3.8) is 0 Å². The van der Waals surface area contributed by atoms with Crippen molar-refractivity contribution in [1.29, 1.82) is 0 Å². The summed E-state index contributed by atoms with van der Waals surface area (Å²) in [4.78, 5) is 27.6. The summed E-state index contributed by atoms with van der Waals surface area (Å²) in [6, 6.07) is 3.51. The zero-order chi connectivity index (χ0) is 19.5. The number of hydrogen-bond acceptors (Lipinski definition) is 5. The molecule has 0 radical (unpaired) electrons. The molecule has 0 saturated heterocycles. The number of aromatic nitrogens is 1. The predicted molar refractivity (Wildman–Crippen MR) is 86.8 cm³/mol. The van der Waals surface area contributed by atoms with Crippen LogP contribution >= 0.6 is 0 Å². The van der Waals surface area contributed by atoms with Gasteiger partial charge in [0.2, 0.25) is 0 Å². The van der Waals surface area contributed by atoms with Gasteiger partial charge in [0.1, 0.15) is 11.3 Å². The summed E-state index contributed by atoms with van der Waals surface area (Å²) in [5.41, 5.74) is 3.16. The lowest BCUT2D eigenvalue weighted by Gasteiger charge is -2.19. The van der Waals surface area contributed by atoms with Gasteiger partial charge in [-0.15, -0.1) is 0 Å². The third-order valence-electron chi connectivity index (χ3n) is 2.95. The van der Waals surface area contributed by atoms with Crippen molar-refractivity contribution in [2.45, 2.75) is 26.4 Å². The molecule has 6 nitrogen and oxygen atoms in total. The molecular weight excluding hydrogens is 351 g/mol. The molecule has 0 aliphatic heterocycles. The summed E-state index contributed by atoms with van der Waals surface area (Å²) in [6.45, 7) is 5.13. The van der Waals surface area contributed by atoms with Gasteiger partial charge in [0.15, 0.2) is 17.5 Å². The number of esters is 1. The summed E-state index contributed by atoms with van der Waals surface area (Å²) in [7, 11) is 0. The fraction of sp³-hybridized carbons (Fsp3) is 0.235. The number of ether oxygens (including phenoxy) is 1. The minimum atomic E-state index is -1.35. The van der Waals surface area contributed by atoms with Crippen LogP contribution in [0, 0.1) is 17.5 Å².